The lowest BCUT2D eigenvalue weighted by molar-refractivity contribution is 0.100. The second kappa shape index (κ2) is 6.91. The quantitative estimate of drug-likeness (QED) is 0.604. The maximum absolute atomic E-state index is 12.1. The van der Waals surface area contributed by atoms with E-state index in [0.29, 0.717) is 24.6 Å². The minimum atomic E-state index is -3.53. The Balaban J connectivity index is 3.15. The predicted octanol–water partition coefficient (Wildman–Crippen LogP) is 0.671. The van der Waals surface area contributed by atoms with Crippen LogP contribution < -0.4 is 16.8 Å². The molecule has 5 N–H and O–H groups in total. The first-order valence-electron chi connectivity index (χ1n) is 6.02. The van der Waals surface area contributed by atoms with Gasteiger partial charge in [-0.2, -0.15) is 0 Å². The van der Waals surface area contributed by atoms with Crippen molar-refractivity contribution < 1.29 is 17.9 Å². The van der Waals surface area contributed by atoms with Crippen molar-refractivity contribution in [3.8, 4) is 0 Å². The number of hydrogen-bond donors (Lipinski definition) is 3. The van der Waals surface area contributed by atoms with Gasteiger partial charge in [-0.25, -0.2) is 8.42 Å². The number of hydrogen-bond acceptors (Lipinski definition) is 7. The number of carbonyl (C=O) groups is 1. The summed E-state index contributed by atoms with van der Waals surface area (Å²) in [5, 5.41) is 3.33. The maximum atomic E-state index is 12.1. The molecule has 9 heteroatoms. The molecule has 114 valence electrons. The van der Waals surface area contributed by atoms with Crippen LogP contribution in [0.3, 0.4) is 0 Å². The highest BCUT2D eigenvalue weighted by molar-refractivity contribution is 7.91. The molecule has 0 aliphatic heterocycles. The summed E-state index contributed by atoms with van der Waals surface area (Å²) >= 11 is 0.964. The fourth-order valence-electron chi connectivity index (χ4n) is 1.60. The van der Waals surface area contributed by atoms with Crippen molar-refractivity contribution >= 4 is 37.8 Å². The number of anilines is 2. The predicted molar refractivity (Wildman–Crippen MR) is 80.0 cm³/mol. The van der Waals surface area contributed by atoms with Crippen LogP contribution in [0.5, 0.6) is 0 Å². The summed E-state index contributed by atoms with van der Waals surface area (Å²) in [7, 11) is -1.95. The number of thiophene rings is 1. The number of nitrogens with one attached hydrogen (secondary N) is 1. The van der Waals surface area contributed by atoms with Crippen molar-refractivity contribution in [1.29, 1.82) is 0 Å². The monoisotopic (exact) mass is 321 g/mol. The van der Waals surface area contributed by atoms with E-state index in [1.807, 2.05) is 0 Å². The van der Waals surface area contributed by atoms with Gasteiger partial charge in [0.1, 0.15) is 14.8 Å². The van der Waals surface area contributed by atoms with E-state index in [1.54, 1.807) is 7.11 Å². The molecule has 0 saturated carbocycles. The van der Waals surface area contributed by atoms with Crippen molar-refractivity contribution in [2.45, 2.75) is 18.2 Å². The molecule has 0 fully saturated rings. The number of rotatable bonds is 8. The smallest absolute Gasteiger partial charge is 0.261 e. The number of ether oxygens (including phenoxy) is 1. The molecule has 20 heavy (non-hydrogen) atoms. The van der Waals surface area contributed by atoms with Gasteiger partial charge in [0.2, 0.25) is 0 Å². The zero-order valence-corrected chi connectivity index (χ0v) is 13.1. The highest BCUT2D eigenvalue weighted by atomic mass is 32.2. The maximum Gasteiger partial charge on any atom is 0.261 e. The van der Waals surface area contributed by atoms with E-state index in [4.69, 9.17) is 16.2 Å². The van der Waals surface area contributed by atoms with Gasteiger partial charge in [-0.1, -0.05) is 6.92 Å². The number of nitrogens with two attached hydrogens (primary N) is 2. The molecule has 1 heterocycles. The molecule has 0 unspecified atom stereocenters. The van der Waals surface area contributed by atoms with Crippen molar-refractivity contribution in [3.05, 3.63) is 4.88 Å². The Bertz CT molecular complexity index is 581. The first kappa shape index (κ1) is 16.7. The zero-order valence-electron chi connectivity index (χ0n) is 11.4. The van der Waals surface area contributed by atoms with Crippen LogP contribution in [0, 0.1) is 0 Å². The largest absolute Gasteiger partial charge is 0.396 e. The highest BCUT2D eigenvalue weighted by Gasteiger charge is 2.27. The normalized spacial score (nSPS) is 11.5. The second-order valence-electron chi connectivity index (χ2n) is 4.04. The summed E-state index contributed by atoms with van der Waals surface area (Å²) < 4.78 is 29.1. The van der Waals surface area contributed by atoms with Crippen LogP contribution in [0.4, 0.5) is 10.7 Å². The number of sulfone groups is 1. The molecule has 1 aromatic heterocycles. The van der Waals surface area contributed by atoms with Crippen molar-refractivity contribution in [3.63, 3.8) is 0 Å². The van der Waals surface area contributed by atoms with Gasteiger partial charge in [0, 0.05) is 20.3 Å². The van der Waals surface area contributed by atoms with Gasteiger partial charge in [0.15, 0.2) is 9.84 Å². The summed E-state index contributed by atoms with van der Waals surface area (Å²) in [4.78, 5) is 11.3. The summed E-state index contributed by atoms with van der Waals surface area (Å²) in [5.74, 6) is -0.830. The summed E-state index contributed by atoms with van der Waals surface area (Å²) in [6.45, 7) is 2.58. The first-order chi connectivity index (χ1) is 9.35. The summed E-state index contributed by atoms with van der Waals surface area (Å²) in [6.07, 6.45) is 0.700. The minimum Gasteiger partial charge on any atom is -0.396 e. The van der Waals surface area contributed by atoms with Crippen LogP contribution in [0.2, 0.25) is 0 Å². The molecule has 0 spiro atoms. The Morgan fingerprint density at radius 2 is 2.10 bits per heavy atom. The Kier molecular flexibility index (Phi) is 5.78. The van der Waals surface area contributed by atoms with E-state index in [2.05, 4.69) is 5.32 Å². The van der Waals surface area contributed by atoms with Crippen LogP contribution >= 0.6 is 11.3 Å². The highest BCUT2D eigenvalue weighted by Crippen LogP contribution is 2.39. The second-order valence-corrected chi connectivity index (χ2v) is 7.28. The van der Waals surface area contributed by atoms with Gasteiger partial charge in [-0.3, -0.25) is 4.79 Å². The Morgan fingerprint density at radius 1 is 1.45 bits per heavy atom. The molecule has 0 radical (unpaired) electrons. The SMILES string of the molecule is CCS(=O)(=O)c1c(NCCCOC)sc(C(N)=O)c1N. The van der Waals surface area contributed by atoms with E-state index in [9.17, 15) is 13.2 Å². The molecule has 0 aliphatic carbocycles. The van der Waals surface area contributed by atoms with E-state index in [1.165, 1.54) is 6.92 Å². The topological polar surface area (TPSA) is 125 Å². The number of methoxy groups -OCH3 is 1. The molecule has 0 aliphatic rings. The van der Waals surface area contributed by atoms with Gasteiger partial charge in [0.05, 0.1) is 11.4 Å². The van der Waals surface area contributed by atoms with E-state index < -0.39 is 15.7 Å². The Morgan fingerprint density at radius 3 is 2.60 bits per heavy atom. The van der Waals surface area contributed by atoms with Gasteiger partial charge >= 0.3 is 0 Å². The molecule has 7 nitrogen and oxygen atoms in total. The lowest BCUT2D eigenvalue weighted by Gasteiger charge is -2.07. The van der Waals surface area contributed by atoms with Crippen LogP contribution in [-0.4, -0.2) is 40.3 Å². The van der Waals surface area contributed by atoms with Crippen LogP contribution in [-0.2, 0) is 14.6 Å². The third-order valence-electron chi connectivity index (χ3n) is 2.63. The van der Waals surface area contributed by atoms with Crippen molar-refractivity contribution in [2.75, 3.05) is 37.1 Å². The first-order valence-corrected chi connectivity index (χ1v) is 8.49. The number of nitrogen functional groups attached to an aromatic ring is 1. The van der Waals surface area contributed by atoms with E-state index >= 15 is 0 Å². The van der Waals surface area contributed by atoms with E-state index in [0.717, 1.165) is 11.3 Å². The van der Waals surface area contributed by atoms with Crippen LogP contribution in [0.15, 0.2) is 4.90 Å². The Hall–Kier alpha value is -1.32. The molecule has 0 saturated heterocycles. The van der Waals surface area contributed by atoms with Gasteiger partial charge in [-0.05, 0) is 6.42 Å². The zero-order chi connectivity index (χ0) is 15.3. The molecule has 1 amide bonds. The third kappa shape index (κ3) is 3.62. The number of carbonyl (C=O) groups excluding carboxylic acids is 1. The fourth-order valence-corrected chi connectivity index (χ4v) is 4.14. The van der Waals surface area contributed by atoms with Crippen LogP contribution in [0.1, 0.15) is 23.0 Å². The standard InChI is InChI=1S/C11H19N3O4S2/c1-3-20(16,17)9-7(12)8(10(13)15)19-11(9)14-5-4-6-18-2/h14H,3-6,12H2,1-2H3,(H2,13,15). The minimum absolute atomic E-state index is 0.0313. The average Bonchev–Trinajstić information content (AvgIpc) is 2.72. The molecular formula is C11H19N3O4S2. The number of primary amides is 1. The summed E-state index contributed by atoms with van der Waals surface area (Å²) in [5.41, 5.74) is 10.9. The molecule has 1 aromatic rings. The van der Waals surface area contributed by atoms with Crippen molar-refractivity contribution in [2.24, 2.45) is 5.73 Å². The van der Waals surface area contributed by atoms with Gasteiger partial charge in [-0.15, -0.1) is 11.3 Å². The average molecular weight is 321 g/mol. The molecular weight excluding hydrogens is 302 g/mol. The van der Waals surface area contributed by atoms with Gasteiger partial charge < -0.3 is 21.5 Å². The van der Waals surface area contributed by atoms with Crippen molar-refractivity contribution in [1.82, 2.24) is 0 Å². The fraction of sp³-hybridized carbons (Fsp3) is 0.545. The Labute approximate surface area is 122 Å². The summed E-state index contributed by atoms with van der Waals surface area (Å²) in [6, 6.07) is 0. The third-order valence-corrected chi connectivity index (χ3v) is 5.74. The molecule has 0 atom stereocenters. The van der Waals surface area contributed by atoms with Crippen LogP contribution in [0.25, 0.3) is 0 Å². The lowest BCUT2D eigenvalue weighted by Crippen LogP contribution is -2.13. The number of amides is 1. The molecule has 0 bridgehead atoms. The van der Waals surface area contributed by atoms with E-state index in [-0.39, 0.29) is 21.2 Å². The molecule has 0 aromatic carbocycles. The van der Waals surface area contributed by atoms with Gasteiger partial charge in [0.25, 0.3) is 5.91 Å². The lowest BCUT2D eigenvalue weighted by atomic mass is 10.4. The molecule has 1 rings (SSSR count).